The third-order valence-electron chi connectivity index (χ3n) is 4.89. The van der Waals surface area contributed by atoms with E-state index in [4.69, 9.17) is 21.1 Å². The molecule has 0 fully saturated rings. The Labute approximate surface area is 193 Å². The van der Waals surface area contributed by atoms with Crippen LogP contribution >= 0.6 is 11.6 Å². The van der Waals surface area contributed by atoms with E-state index in [-0.39, 0.29) is 18.4 Å². The molecule has 2 heterocycles. The molecule has 3 rings (SSSR count). The number of hydrogen-bond acceptors (Lipinski definition) is 5. The molecule has 0 radical (unpaired) electrons. The van der Waals surface area contributed by atoms with Gasteiger partial charge in [-0.1, -0.05) is 25.4 Å². The summed E-state index contributed by atoms with van der Waals surface area (Å²) in [5, 5.41) is 7.74. The quantitative estimate of drug-likeness (QED) is 0.606. The smallest absolute Gasteiger partial charge is 0.247 e. The van der Waals surface area contributed by atoms with Crippen LogP contribution in [0.2, 0.25) is 5.15 Å². The van der Waals surface area contributed by atoms with Crippen molar-refractivity contribution < 1.29 is 19.1 Å². The van der Waals surface area contributed by atoms with Gasteiger partial charge in [-0.05, 0) is 38.0 Å². The first-order valence-electron chi connectivity index (χ1n) is 10.7. The van der Waals surface area contributed by atoms with Gasteiger partial charge in [0.1, 0.15) is 24.9 Å². The summed E-state index contributed by atoms with van der Waals surface area (Å²) in [5.41, 5.74) is 2.04. The van der Waals surface area contributed by atoms with Gasteiger partial charge in [0.25, 0.3) is 0 Å². The molecule has 9 heteroatoms. The van der Waals surface area contributed by atoms with Crippen LogP contribution in [-0.2, 0) is 16.1 Å². The zero-order valence-electron chi connectivity index (χ0n) is 18.9. The van der Waals surface area contributed by atoms with E-state index in [2.05, 4.69) is 24.3 Å². The molecule has 1 aliphatic rings. The van der Waals surface area contributed by atoms with E-state index in [0.29, 0.717) is 60.1 Å². The number of benzene rings is 1. The van der Waals surface area contributed by atoms with Crippen LogP contribution in [0.3, 0.4) is 0 Å². The Kier molecular flexibility index (Phi) is 7.80. The molecule has 1 aromatic carbocycles. The van der Waals surface area contributed by atoms with E-state index in [0.717, 1.165) is 5.69 Å². The summed E-state index contributed by atoms with van der Waals surface area (Å²) >= 11 is 6.44. The number of rotatable bonds is 8. The summed E-state index contributed by atoms with van der Waals surface area (Å²) < 4.78 is 12.8. The van der Waals surface area contributed by atoms with Crippen molar-refractivity contribution in [2.75, 3.05) is 31.6 Å². The van der Waals surface area contributed by atoms with Crippen LogP contribution in [0.5, 0.6) is 11.5 Å². The van der Waals surface area contributed by atoms with Gasteiger partial charge in [0.15, 0.2) is 11.5 Å². The molecule has 0 spiro atoms. The molecule has 2 aromatic rings. The second kappa shape index (κ2) is 10.5. The normalized spacial score (nSPS) is 12.9. The van der Waals surface area contributed by atoms with E-state index in [1.54, 1.807) is 29.0 Å². The number of nitrogens with zero attached hydrogens (tertiary/aromatic N) is 3. The predicted molar refractivity (Wildman–Crippen MR) is 124 cm³/mol. The molecule has 2 amide bonds. The molecule has 0 saturated heterocycles. The Hall–Kier alpha value is -3.00. The van der Waals surface area contributed by atoms with Crippen LogP contribution in [-0.4, -0.2) is 52.8 Å². The lowest BCUT2D eigenvalue weighted by atomic mass is 10.2. The van der Waals surface area contributed by atoms with Crippen molar-refractivity contribution in [1.82, 2.24) is 14.7 Å². The number of ether oxygens (including phenoxy) is 2. The standard InChI is InChI=1S/C23H29ClN4O4/c1-5-27(14-21(29)25-17-6-8-19-20(12-17)32-11-10-31-19)22(30)9-7-18-16(4)26-28(23(18)24)13-15(2)3/h6-9,12,15H,5,10-11,13-14H2,1-4H3,(H,25,29)/b9-7+. The number of nitrogens with one attached hydrogen (secondary N) is 1. The zero-order chi connectivity index (χ0) is 23.3. The minimum atomic E-state index is -0.302. The molecule has 1 aromatic heterocycles. The van der Waals surface area contributed by atoms with Crippen LogP contribution in [0.4, 0.5) is 5.69 Å². The molecule has 0 unspecified atom stereocenters. The minimum absolute atomic E-state index is 0.0760. The summed E-state index contributed by atoms with van der Waals surface area (Å²) in [6.07, 6.45) is 3.08. The average Bonchev–Trinajstić information content (AvgIpc) is 3.02. The SMILES string of the molecule is CCN(CC(=O)Nc1ccc2c(c1)OCCO2)C(=O)/C=C/c1c(C)nn(CC(C)C)c1Cl. The summed E-state index contributed by atoms with van der Waals surface area (Å²) in [5.74, 6) is 1.05. The summed E-state index contributed by atoms with van der Waals surface area (Å²) in [7, 11) is 0. The summed E-state index contributed by atoms with van der Waals surface area (Å²) in [6, 6.07) is 5.20. The number of aryl methyl sites for hydroxylation is 1. The summed E-state index contributed by atoms with van der Waals surface area (Å²) in [6.45, 7) is 9.82. The maximum absolute atomic E-state index is 12.7. The Bertz CT molecular complexity index is 1020. The van der Waals surface area contributed by atoms with Gasteiger partial charge in [-0.25, -0.2) is 0 Å². The number of likely N-dealkylation sites (N-methyl/N-ethyl adjacent to an activating group) is 1. The van der Waals surface area contributed by atoms with Crippen LogP contribution in [0, 0.1) is 12.8 Å². The first kappa shape index (κ1) is 23.7. The fourth-order valence-electron chi connectivity index (χ4n) is 3.32. The second-order valence-electron chi connectivity index (χ2n) is 7.96. The van der Waals surface area contributed by atoms with Gasteiger partial charge in [0, 0.05) is 36.5 Å². The van der Waals surface area contributed by atoms with Crippen molar-refractivity contribution in [3.05, 3.63) is 40.7 Å². The van der Waals surface area contributed by atoms with Crippen LogP contribution in [0.1, 0.15) is 32.0 Å². The van der Waals surface area contributed by atoms with E-state index in [1.165, 1.54) is 11.0 Å². The van der Waals surface area contributed by atoms with Crippen molar-refractivity contribution in [1.29, 1.82) is 0 Å². The summed E-state index contributed by atoms with van der Waals surface area (Å²) in [4.78, 5) is 26.6. The molecule has 0 aliphatic carbocycles. The third-order valence-corrected chi connectivity index (χ3v) is 5.29. The van der Waals surface area contributed by atoms with E-state index >= 15 is 0 Å². The van der Waals surface area contributed by atoms with E-state index in [9.17, 15) is 9.59 Å². The van der Waals surface area contributed by atoms with Crippen molar-refractivity contribution >= 4 is 35.2 Å². The van der Waals surface area contributed by atoms with E-state index in [1.807, 2.05) is 13.8 Å². The van der Waals surface area contributed by atoms with Crippen molar-refractivity contribution in [2.24, 2.45) is 5.92 Å². The Morgan fingerprint density at radius 2 is 2.00 bits per heavy atom. The number of anilines is 1. The van der Waals surface area contributed by atoms with Gasteiger partial charge >= 0.3 is 0 Å². The van der Waals surface area contributed by atoms with Gasteiger partial charge in [-0.2, -0.15) is 5.10 Å². The molecule has 1 N–H and O–H groups in total. The van der Waals surface area contributed by atoms with Crippen LogP contribution in [0.15, 0.2) is 24.3 Å². The van der Waals surface area contributed by atoms with Gasteiger partial charge < -0.3 is 19.7 Å². The molecule has 1 aliphatic heterocycles. The number of aromatic nitrogens is 2. The molecular weight excluding hydrogens is 432 g/mol. The van der Waals surface area contributed by atoms with Crippen LogP contribution < -0.4 is 14.8 Å². The maximum atomic E-state index is 12.7. The highest BCUT2D eigenvalue weighted by Crippen LogP contribution is 2.32. The highest BCUT2D eigenvalue weighted by atomic mass is 35.5. The monoisotopic (exact) mass is 460 g/mol. The number of halogens is 1. The van der Waals surface area contributed by atoms with Gasteiger partial charge in [0.05, 0.1) is 5.69 Å². The first-order valence-corrected chi connectivity index (χ1v) is 11.1. The van der Waals surface area contributed by atoms with Crippen molar-refractivity contribution in [3.8, 4) is 11.5 Å². The highest BCUT2D eigenvalue weighted by Gasteiger charge is 2.17. The predicted octanol–water partition coefficient (Wildman–Crippen LogP) is 3.77. The largest absolute Gasteiger partial charge is 0.486 e. The number of carbonyl (C=O) groups is 2. The number of hydrogen-bond donors (Lipinski definition) is 1. The third kappa shape index (κ3) is 5.82. The number of fused-ring (bicyclic) bond motifs is 1. The highest BCUT2D eigenvalue weighted by molar-refractivity contribution is 6.31. The molecule has 172 valence electrons. The van der Waals surface area contributed by atoms with Gasteiger partial charge in [-0.3, -0.25) is 14.3 Å². The molecule has 0 bridgehead atoms. The molecule has 8 nitrogen and oxygen atoms in total. The lowest BCUT2D eigenvalue weighted by Gasteiger charge is -2.20. The fourth-order valence-corrected chi connectivity index (χ4v) is 3.63. The zero-order valence-corrected chi connectivity index (χ0v) is 19.6. The Morgan fingerprint density at radius 1 is 1.28 bits per heavy atom. The topological polar surface area (TPSA) is 85.7 Å². The van der Waals surface area contributed by atoms with E-state index < -0.39 is 0 Å². The average molecular weight is 461 g/mol. The number of carbonyl (C=O) groups excluding carboxylic acids is 2. The second-order valence-corrected chi connectivity index (χ2v) is 8.32. The Balaban J connectivity index is 1.62. The lowest BCUT2D eigenvalue weighted by molar-refractivity contribution is -0.130. The first-order chi connectivity index (χ1) is 15.3. The van der Waals surface area contributed by atoms with Crippen molar-refractivity contribution in [3.63, 3.8) is 0 Å². The molecule has 0 saturated carbocycles. The fraction of sp³-hybridized carbons (Fsp3) is 0.435. The maximum Gasteiger partial charge on any atom is 0.247 e. The van der Waals surface area contributed by atoms with Gasteiger partial charge in [-0.15, -0.1) is 0 Å². The lowest BCUT2D eigenvalue weighted by Crippen LogP contribution is -2.36. The minimum Gasteiger partial charge on any atom is -0.486 e. The number of amides is 2. The molecular formula is C23H29ClN4O4. The van der Waals surface area contributed by atoms with Crippen LogP contribution in [0.25, 0.3) is 6.08 Å². The molecule has 32 heavy (non-hydrogen) atoms. The molecule has 0 atom stereocenters. The van der Waals surface area contributed by atoms with Crippen molar-refractivity contribution in [2.45, 2.75) is 34.2 Å². The van der Waals surface area contributed by atoms with Gasteiger partial charge in [0.2, 0.25) is 11.8 Å². The Morgan fingerprint density at radius 3 is 2.69 bits per heavy atom.